The van der Waals surface area contributed by atoms with Gasteiger partial charge in [-0.15, -0.1) is 0 Å². The van der Waals surface area contributed by atoms with Crippen LogP contribution in [-0.2, 0) is 22.4 Å². The van der Waals surface area contributed by atoms with Gasteiger partial charge in [0.05, 0.1) is 12.8 Å². The average Bonchev–Trinajstić information content (AvgIpc) is 3.15. The number of methoxy groups -OCH3 is 1. The number of hydrogen-bond donors (Lipinski definition) is 1. The number of carbonyl (C=O) groups is 2. The third-order valence-electron chi connectivity index (χ3n) is 5.41. The first-order chi connectivity index (χ1) is 13.8. The number of nitrogens with one attached hydrogen (secondary N) is 1. The molecule has 154 valence electrons. The van der Waals surface area contributed by atoms with Crippen molar-refractivity contribution in [3.63, 3.8) is 0 Å². The molecule has 1 aromatic heterocycles. The number of nitrogens with zero attached hydrogens (tertiary/aromatic N) is 1. The summed E-state index contributed by atoms with van der Waals surface area (Å²) in [7, 11) is 1.29. The van der Waals surface area contributed by atoms with Gasteiger partial charge in [-0.25, -0.2) is 4.79 Å². The summed E-state index contributed by atoms with van der Waals surface area (Å²) in [6.45, 7) is 5.64. The van der Waals surface area contributed by atoms with Crippen LogP contribution in [0.25, 0.3) is 5.69 Å². The van der Waals surface area contributed by atoms with Gasteiger partial charge in [0, 0.05) is 6.20 Å². The van der Waals surface area contributed by atoms with Gasteiger partial charge in [-0.1, -0.05) is 26.0 Å². The van der Waals surface area contributed by atoms with Crippen molar-refractivity contribution in [3.8, 4) is 5.69 Å². The standard InChI is InChI=1S/C23H28N2O4/c1-14(2)13-18(23(28)29-4)24-21(26)20-15(3)11-12-25(22(20)27)19-10-6-8-16-7-5-9-17(16)19/h6,8,10-12,14,18H,5,7,9,13H2,1-4H3,(H,24,26)/t18-/m0/s1. The fraction of sp³-hybridized carbons (Fsp3) is 0.435. The Balaban J connectivity index is 1.99. The maximum atomic E-state index is 13.3. The van der Waals surface area contributed by atoms with E-state index in [0.29, 0.717) is 12.0 Å². The van der Waals surface area contributed by atoms with Crippen molar-refractivity contribution in [3.05, 3.63) is 63.1 Å². The molecule has 29 heavy (non-hydrogen) atoms. The zero-order chi connectivity index (χ0) is 21.1. The van der Waals surface area contributed by atoms with Gasteiger partial charge in [0.25, 0.3) is 11.5 Å². The molecule has 1 heterocycles. The number of fused-ring (bicyclic) bond motifs is 1. The first-order valence-corrected chi connectivity index (χ1v) is 10.1. The van der Waals surface area contributed by atoms with Crippen molar-refractivity contribution < 1.29 is 14.3 Å². The van der Waals surface area contributed by atoms with Gasteiger partial charge in [0.15, 0.2) is 0 Å². The quantitative estimate of drug-likeness (QED) is 0.762. The minimum Gasteiger partial charge on any atom is -0.467 e. The fourth-order valence-corrected chi connectivity index (χ4v) is 3.98. The van der Waals surface area contributed by atoms with Crippen LogP contribution in [0.4, 0.5) is 0 Å². The number of benzene rings is 1. The summed E-state index contributed by atoms with van der Waals surface area (Å²) in [6, 6.07) is 6.92. The van der Waals surface area contributed by atoms with Gasteiger partial charge in [0.2, 0.25) is 0 Å². The molecular weight excluding hydrogens is 368 g/mol. The Hall–Kier alpha value is -2.89. The van der Waals surface area contributed by atoms with E-state index in [1.165, 1.54) is 12.7 Å². The lowest BCUT2D eigenvalue weighted by atomic mass is 10.0. The van der Waals surface area contributed by atoms with Crippen LogP contribution in [0.2, 0.25) is 0 Å². The zero-order valence-corrected chi connectivity index (χ0v) is 17.5. The molecule has 6 heteroatoms. The monoisotopic (exact) mass is 396 g/mol. The minimum atomic E-state index is -0.791. The van der Waals surface area contributed by atoms with E-state index < -0.39 is 17.9 Å². The molecule has 0 radical (unpaired) electrons. The highest BCUT2D eigenvalue weighted by Gasteiger charge is 2.26. The number of hydrogen-bond acceptors (Lipinski definition) is 4. The summed E-state index contributed by atoms with van der Waals surface area (Å²) in [5.74, 6) is -0.882. The number of pyridine rings is 1. The summed E-state index contributed by atoms with van der Waals surface area (Å²) in [6.07, 6.45) is 5.15. The number of rotatable bonds is 6. The van der Waals surface area contributed by atoms with Crippen LogP contribution >= 0.6 is 0 Å². The molecule has 0 saturated carbocycles. The molecule has 1 atom stereocenters. The first kappa shape index (κ1) is 20.8. The Morgan fingerprint density at radius 1 is 1.21 bits per heavy atom. The molecule has 0 unspecified atom stereocenters. The van der Waals surface area contributed by atoms with Crippen molar-refractivity contribution in [2.45, 2.75) is 52.5 Å². The predicted octanol–water partition coefficient (Wildman–Crippen LogP) is 2.95. The van der Waals surface area contributed by atoms with E-state index in [-0.39, 0.29) is 17.0 Å². The van der Waals surface area contributed by atoms with Gasteiger partial charge in [0.1, 0.15) is 11.6 Å². The third kappa shape index (κ3) is 4.26. The third-order valence-corrected chi connectivity index (χ3v) is 5.41. The number of aromatic nitrogens is 1. The van der Waals surface area contributed by atoms with Crippen molar-refractivity contribution >= 4 is 11.9 Å². The normalized spacial score (nSPS) is 13.8. The molecule has 1 aliphatic carbocycles. The van der Waals surface area contributed by atoms with Gasteiger partial charge >= 0.3 is 5.97 Å². The van der Waals surface area contributed by atoms with Crippen LogP contribution in [0.5, 0.6) is 0 Å². The summed E-state index contributed by atoms with van der Waals surface area (Å²) in [4.78, 5) is 38.3. The Bertz CT molecular complexity index is 991. The second kappa shape index (κ2) is 8.64. The summed E-state index contributed by atoms with van der Waals surface area (Å²) >= 11 is 0. The highest BCUT2D eigenvalue weighted by molar-refractivity contribution is 5.97. The number of amides is 1. The molecule has 1 amide bonds. The van der Waals surface area contributed by atoms with Gasteiger partial charge in [-0.3, -0.25) is 14.2 Å². The molecule has 0 spiro atoms. The lowest BCUT2D eigenvalue weighted by Crippen LogP contribution is -2.44. The lowest BCUT2D eigenvalue weighted by Gasteiger charge is -2.19. The van der Waals surface area contributed by atoms with E-state index in [9.17, 15) is 14.4 Å². The summed E-state index contributed by atoms with van der Waals surface area (Å²) < 4.78 is 6.36. The van der Waals surface area contributed by atoms with Crippen LogP contribution < -0.4 is 10.9 Å². The Morgan fingerprint density at radius 3 is 2.66 bits per heavy atom. The average molecular weight is 396 g/mol. The summed E-state index contributed by atoms with van der Waals surface area (Å²) in [5.41, 5.74) is 3.49. The Kier molecular flexibility index (Phi) is 6.20. The first-order valence-electron chi connectivity index (χ1n) is 10.1. The van der Waals surface area contributed by atoms with E-state index in [1.807, 2.05) is 26.0 Å². The highest BCUT2D eigenvalue weighted by atomic mass is 16.5. The van der Waals surface area contributed by atoms with Crippen LogP contribution in [-0.4, -0.2) is 29.6 Å². The van der Waals surface area contributed by atoms with Crippen LogP contribution in [0, 0.1) is 12.8 Å². The Morgan fingerprint density at radius 2 is 1.97 bits per heavy atom. The van der Waals surface area contributed by atoms with E-state index >= 15 is 0 Å². The van der Waals surface area contributed by atoms with Crippen LogP contribution in [0.3, 0.4) is 0 Å². The smallest absolute Gasteiger partial charge is 0.328 e. The number of esters is 1. The molecule has 3 rings (SSSR count). The van der Waals surface area contributed by atoms with E-state index in [1.54, 1.807) is 23.8 Å². The van der Waals surface area contributed by atoms with Crippen molar-refractivity contribution in [2.75, 3.05) is 7.11 Å². The number of aryl methyl sites for hydroxylation is 2. The molecule has 0 aliphatic heterocycles. The molecular formula is C23H28N2O4. The van der Waals surface area contributed by atoms with Crippen molar-refractivity contribution in [1.82, 2.24) is 9.88 Å². The Labute approximate surface area is 170 Å². The lowest BCUT2D eigenvalue weighted by molar-refractivity contribution is -0.143. The van der Waals surface area contributed by atoms with Gasteiger partial charge < -0.3 is 10.1 Å². The maximum absolute atomic E-state index is 13.3. The topological polar surface area (TPSA) is 77.4 Å². The second-order valence-electron chi connectivity index (χ2n) is 8.00. The van der Waals surface area contributed by atoms with Crippen molar-refractivity contribution in [1.29, 1.82) is 0 Å². The molecule has 1 aromatic carbocycles. The molecule has 0 bridgehead atoms. The minimum absolute atomic E-state index is 0.0563. The molecule has 0 saturated heterocycles. The fourth-order valence-electron chi connectivity index (χ4n) is 3.98. The molecule has 0 fully saturated rings. The van der Waals surface area contributed by atoms with Gasteiger partial charge in [-0.05, 0) is 67.3 Å². The van der Waals surface area contributed by atoms with Crippen LogP contribution in [0.1, 0.15) is 53.7 Å². The number of carbonyl (C=O) groups excluding carboxylic acids is 2. The molecule has 6 nitrogen and oxygen atoms in total. The molecule has 1 aliphatic rings. The van der Waals surface area contributed by atoms with E-state index in [2.05, 4.69) is 11.4 Å². The maximum Gasteiger partial charge on any atom is 0.328 e. The largest absolute Gasteiger partial charge is 0.467 e. The van der Waals surface area contributed by atoms with E-state index in [4.69, 9.17) is 4.74 Å². The van der Waals surface area contributed by atoms with Crippen molar-refractivity contribution in [2.24, 2.45) is 5.92 Å². The SMILES string of the molecule is COC(=O)[C@H](CC(C)C)NC(=O)c1c(C)ccn(-c2cccc3c2CCC3)c1=O. The summed E-state index contributed by atoms with van der Waals surface area (Å²) in [5, 5.41) is 2.70. The highest BCUT2D eigenvalue weighted by Crippen LogP contribution is 2.27. The van der Waals surface area contributed by atoms with Crippen LogP contribution in [0.15, 0.2) is 35.3 Å². The molecule has 1 N–H and O–H groups in total. The number of ether oxygens (including phenoxy) is 1. The molecule has 2 aromatic rings. The predicted molar refractivity (Wildman–Crippen MR) is 112 cm³/mol. The second-order valence-corrected chi connectivity index (χ2v) is 8.00. The van der Waals surface area contributed by atoms with E-state index in [0.717, 1.165) is 30.5 Å². The zero-order valence-electron chi connectivity index (χ0n) is 17.5. The van der Waals surface area contributed by atoms with Gasteiger partial charge in [-0.2, -0.15) is 0 Å².